The Bertz CT molecular complexity index is 694. The number of carboxylic acid groups (broad SMARTS) is 1. The predicted molar refractivity (Wildman–Crippen MR) is 70.8 cm³/mol. The number of methoxy groups -OCH3 is 1. The summed E-state index contributed by atoms with van der Waals surface area (Å²) in [7, 11) is 1.38. The number of aromatic carboxylic acids is 1. The van der Waals surface area contributed by atoms with E-state index in [2.05, 4.69) is 4.98 Å². The minimum atomic E-state index is -4.82. The van der Waals surface area contributed by atoms with Crippen LogP contribution in [0.3, 0.4) is 0 Å². The molecule has 1 aromatic heterocycles. The van der Waals surface area contributed by atoms with E-state index in [9.17, 15) is 18.0 Å². The molecule has 1 aromatic carbocycles. The maximum Gasteiger partial charge on any atom is 0.435 e. The third-order valence-corrected chi connectivity index (χ3v) is 3.75. The second-order valence-corrected chi connectivity index (χ2v) is 5.20. The lowest BCUT2D eigenvalue weighted by atomic mass is 10.1. The average molecular weight is 317 g/mol. The highest BCUT2D eigenvalue weighted by Gasteiger charge is 2.40. The number of aromatic nitrogens is 1. The average Bonchev–Trinajstić information content (AvgIpc) is 2.83. The van der Waals surface area contributed by atoms with Crippen LogP contribution < -0.4 is 4.74 Å². The van der Waals surface area contributed by atoms with Gasteiger partial charge in [0.25, 0.3) is 0 Å². The summed E-state index contributed by atoms with van der Waals surface area (Å²) in [6.45, 7) is 1.80. The molecule has 0 aliphatic carbocycles. The fourth-order valence-corrected chi connectivity index (χ4v) is 2.70. The predicted octanol–water partition coefficient (Wildman–Crippen LogP) is 3.84. The monoisotopic (exact) mass is 317 g/mol. The van der Waals surface area contributed by atoms with Crippen molar-refractivity contribution in [2.45, 2.75) is 13.1 Å². The van der Waals surface area contributed by atoms with Gasteiger partial charge in [-0.2, -0.15) is 13.2 Å². The highest BCUT2D eigenvalue weighted by atomic mass is 32.1. The van der Waals surface area contributed by atoms with E-state index in [1.807, 2.05) is 0 Å². The van der Waals surface area contributed by atoms with Crippen LogP contribution in [0.4, 0.5) is 13.2 Å². The molecule has 0 bridgehead atoms. The first-order valence-corrected chi connectivity index (χ1v) is 6.52. The first kappa shape index (κ1) is 15.3. The lowest BCUT2D eigenvalue weighted by molar-refractivity contribution is -0.141. The second-order valence-electron chi connectivity index (χ2n) is 4.20. The molecule has 0 unspecified atom stereocenters. The van der Waals surface area contributed by atoms with Gasteiger partial charge >= 0.3 is 12.1 Å². The largest absolute Gasteiger partial charge is 0.496 e. The van der Waals surface area contributed by atoms with Crippen molar-refractivity contribution in [1.29, 1.82) is 0 Å². The van der Waals surface area contributed by atoms with Crippen molar-refractivity contribution >= 4 is 17.3 Å². The van der Waals surface area contributed by atoms with Gasteiger partial charge in [0.05, 0.1) is 12.7 Å². The number of carboxylic acids is 1. The van der Waals surface area contributed by atoms with Crippen LogP contribution in [0.25, 0.3) is 10.6 Å². The molecular formula is C13H10F3NO3S. The molecule has 0 atom stereocenters. The number of halogens is 3. The molecule has 2 rings (SSSR count). The third kappa shape index (κ3) is 2.99. The molecule has 112 valence electrons. The van der Waals surface area contributed by atoms with Crippen LogP contribution >= 0.6 is 11.3 Å². The first-order chi connectivity index (χ1) is 9.74. The van der Waals surface area contributed by atoms with Crippen LogP contribution in [0.15, 0.2) is 18.2 Å². The SMILES string of the molecule is COc1cc(C)ccc1-c1nc(C(F)(F)F)c(C(=O)O)s1. The number of carbonyl (C=O) groups is 1. The van der Waals surface area contributed by atoms with Crippen molar-refractivity contribution in [2.75, 3.05) is 7.11 Å². The van der Waals surface area contributed by atoms with Crippen LogP contribution in [-0.4, -0.2) is 23.2 Å². The van der Waals surface area contributed by atoms with Gasteiger partial charge in [-0.05, 0) is 24.6 Å². The Morgan fingerprint density at radius 2 is 2.05 bits per heavy atom. The van der Waals surface area contributed by atoms with Crippen molar-refractivity contribution in [1.82, 2.24) is 4.98 Å². The Morgan fingerprint density at radius 3 is 2.52 bits per heavy atom. The molecule has 0 amide bonds. The maximum absolute atomic E-state index is 12.8. The number of rotatable bonds is 3. The van der Waals surface area contributed by atoms with Crippen LogP contribution in [-0.2, 0) is 6.18 Å². The van der Waals surface area contributed by atoms with Gasteiger partial charge in [0.2, 0.25) is 0 Å². The number of thiazole rings is 1. The third-order valence-electron chi connectivity index (χ3n) is 2.68. The summed E-state index contributed by atoms with van der Waals surface area (Å²) in [5.74, 6) is -1.31. The Hall–Kier alpha value is -2.09. The standard InChI is InChI=1S/C13H10F3NO3S/c1-6-3-4-7(8(5-6)20-2)11-17-10(13(14,15)16)9(21-11)12(18)19/h3-5H,1-2H3,(H,18,19). The highest BCUT2D eigenvalue weighted by Crippen LogP contribution is 2.40. The highest BCUT2D eigenvalue weighted by molar-refractivity contribution is 7.17. The summed E-state index contributed by atoms with van der Waals surface area (Å²) in [5, 5.41) is 8.85. The van der Waals surface area contributed by atoms with Gasteiger partial charge in [0, 0.05) is 0 Å². The molecule has 0 saturated carbocycles. The molecule has 2 aromatic rings. The molecule has 21 heavy (non-hydrogen) atoms. The van der Waals surface area contributed by atoms with E-state index < -0.39 is 22.7 Å². The molecular weight excluding hydrogens is 307 g/mol. The van der Waals surface area contributed by atoms with E-state index in [-0.39, 0.29) is 5.01 Å². The van der Waals surface area contributed by atoms with Gasteiger partial charge in [-0.3, -0.25) is 0 Å². The summed E-state index contributed by atoms with van der Waals surface area (Å²) in [5.41, 5.74) is -0.203. The van der Waals surface area contributed by atoms with E-state index in [1.54, 1.807) is 25.1 Å². The molecule has 4 nitrogen and oxygen atoms in total. The van der Waals surface area contributed by atoms with Crippen molar-refractivity contribution in [2.24, 2.45) is 0 Å². The van der Waals surface area contributed by atoms with Crippen molar-refractivity contribution < 1.29 is 27.8 Å². The Labute approximate surface area is 121 Å². The lowest BCUT2D eigenvalue weighted by Crippen LogP contribution is -2.11. The Morgan fingerprint density at radius 1 is 1.38 bits per heavy atom. The quantitative estimate of drug-likeness (QED) is 0.934. The molecule has 0 aliphatic rings. The minimum Gasteiger partial charge on any atom is -0.496 e. The van der Waals surface area contributed by atoms with Crippen LogP contribution in [0.2, 0.25) is 0 Å². The van der Waals surface area contributed by atoms with Crippen molar-refractivity contribution in [3.63, 3.8) is 0 Å². The summed E-state index contributed by atoms with van der Waals surface area (Å²) in [4.78, 5) is 13.6. The fraction of sp³-hybridized carbons (Fsp3) is 0.231. The van der Waals surface area contributed by atoms with Gasteiger partial charge in [0.15, 0.2) is 5.69 Å². The number of hydrogen-bond donors (Lipinski definition) is 1. The topological polar surface area (TPSA) is 59.4 Å². The van der Waals surface area contributed by atoms with Crippen molar-refractivity contribution in [3.05, 3.63) is 34.3 Å². The summed E-state index contributed by atoms with van der Waals surface area (Å²) < 4.78 is 43.6. The van der Waals surface area contributed by atoms with Gasteiger partial charge in [0.1, 0.15) is 15.6 Å². The van der Waals surface area contributed by atoms with Crippen LogP contribution in [0.5, 0.6) is 5.75 Å². The molecule has 0 saturated heterocycles. The number of hydrogen-bond acceptors (Lipinski definition) is 4. The smallest absolute Gasteiger partial charge is 0.435 e. The van der Waals surface area contributed by atoms with Crippen LogP contribution in [0, 0.1) is 6.92 Å². The van der Waals surface area contributed by atoms with Crippen molar-refractivity contribution in [3.8, 4) is 16.3 Å². The Balaban J connectivity index is 2.64. The fourth-order valence-electron chi connectivity index (χ4n) is 1.75. The number of nitrogens with zero attached hydrogens (tertiary/aromatic N) is 1. The molecule has 0 aliphatic heterocycles. The molecule has 1 heterocycles. The molecule has 0 spiro atoms. The number of benzene rings is 1. The van der Waals surface area contributed by atoms with E-state index in [4.69, 9.17) is 9.84 Å². The zero-order valence-electron chi connectivity index (χ0n) is 11.0. The molecule has 0 fully saturated rings. The molecule has 0 radical (unpaired) electrons. The first-order valence-electron chi connectivity index (χ1n) is 5.70. The zero-order valence-corrected chi connectivity index (χ0v) is 11.8. The lowest BCUT2D eigenvalue weighted by Gasteiger charge is -2.06. The van der Waals surface area contributed by atoms with E-state index in [1.165, 1.54) is 7.11 Å². The van der Waals surface area contributed by atoms with Gasteiger partial charge < -0.3 is 9.84 Å². The van der Waals surface area contributed by atoms with E-state index >= 15 is 0 Å². The number of aryl methyl sites for hydroxylation is 1. The number of alkyl halides is 3. The zero-order chi connectivity index (χ0) is 15.8. The van der Waals surface area contributed by atoms with Gasteiger partial charge in [-0.1, -0.05) is 6.07 Å². The number of ether oxygens (including phenoxy) is 1. The second kappa shape index (κ2) is 5.36. The normalized spacial score (nSPS) is 11.5. The molecule has 8 heteroatoms. The summed E-state index contributed by atoms with van der Waals surface area (Å²) >= 11 is 0.472. The van der Waals surface area contributed by atoms with E-state index in [0.717, 1.165) is 5.56 Å². The van der Waals surface area contributed by atoms with E-state index in [0.29, 0.717) is 22.6 Å². The minimum absolute atomic E-state index is 0.0448. The summed E-state index contributed by atoms with van der Waals surface area (Å²) in [6.07, 6.45) is -4.82. The maximum atomic E-state index is 12.8. The summed E-state index contributed by atoms with van der Waals surface area (Å²) in [6, 6.07) is 4.89. The molecule has 1 N–H and O–H groups in total. The van der Waals surface area contributed by atoms with Crippen LogP contribution in [0.1, 0.15) is 20.9 Å². The Kier molecular flexibility index (Phi) is 3.91. The van der Waals surface area contributed by atoms with Gasteiger partial charge in [-0.15, -0.1) is 11.3 Å². The van der Waals surface area contributed by atoms with Gasteiger partial charge in [-0.25, -0.2) is 9.78 Å².